The molecule has 0 saturated carbocycles. The van der Waals surface area contributed by atoms with E-state index in [2.05, 4.69) is 4.90 Å². The van der Waals surface area contributed by atoms with Crippen molar-refractivity contribution in [3.8, 4) is 5.75 Å². The summed E-state index contributed by atoms with van der Waals surface area (Å²) in [4.78, 5) is 2.30. The second kappa shape index (κ2) is 5.90. The number of para-hydroxylation sites is 1. The van der Waals surface area contributed by atoms with Gasteiger partial charge in [-0.1, -0.05) is 18.2 Å². The molecule has 0 aromatic heterocycles. The van der Waals surface area contributed by atoms with E-state index in [-0.39, 0.29) is 18.4 Å². The molecule has 1 aromatic carbocycles. The van der Waals surface area contributed by atoms with Crippen LogP contribution in [0.5, 0.6) is 5.75 Å². The standard InChI is InChI=1S/C15H21NO3.ClH/c1-15(2)14(17)13(16-7-9-18-10-8-16)11-5-3-4-6-12(11)19-15;/h3-6,13-14,17H,7-10H2,1-2H3;1H. The van der Waals surface area contributed by atoms with Crippen LogP contribution in [0.3, 0.4) is 0 Å². The van der Waals surface area contributed by atoms with Crippen LogP contribution in [0.25, 0.3) is 0 Å². The summed E-state index contributed by atoms with van der Waals surface area (Å²) < 4.78 is 11.4. The minimum absolute atomic E-state index is 0. The molecule has 20 heavy (non-hydrogen) atoms. The molecule has 2 aliphatic heterocycles. The Hall–Kier alpha value is -0.810. The third-order valence-corrected chi connectivity index (χ3v) is 4.06. The molecule has 1 saturated heterocycles. The van der Waals surface area contributed by atoms with Crippen molar-refractivity contribution in [2.24, 2.45) is 0 Å². The summed E-state index contributed by atoms with van der Waals surface area (Å²) >= 11 is 0. The van der Waals surface area contributed by atoms with Gasteiger partial charge in [0.1, 0.15) is 17.5 Å². The summed E-state index contributed by atoms with van der Waals surface area (Å²) in [7, 11) is 0. The molecule has 3 rings (SSSR count). The minimum atomic E-state index is -0.572. The number of benzene rings is 1. The van der Waals surface area contributed by atoms with Crippen LogP contribution in [0.1, 0.15) is 25.5 Å². The number of hydrogen-bond donors (Lipinski definition) is 1. The van der Waals surface area contributed by atoms with Crippen LogP contribution in [0.2, 0.25) is 0 Å². The maximum absolute atomic E-state index is 10.7. The van der Waals surface area contributed by atoms with E-state index in [4.69, 9.17) is 9.47 Å². The van der Waals surface area contributed by atoms with Gasteiger partial charge in [0.15, 0.2) is 0 Å². The topological polar surface area (TPSA) is 41.9 Å². The van der Waals surface area contributed by atoms with Crippen LogP contribution < -0.4 is 4.74 Å². The number of aliphatic hydroxyl groups is 1. The summed E-state index contributed by atoms with van der Waals surface area (Å²) in [6.45, 7) is 7.06. The van der Waals surface area contributed by atoms with E-state index < -0.39 is 11.7 Å². The van der Waals surface area contributed by atoms with Gasteiger partial charge in [-0.05, 0) is 19.9 Å². The first-order valence-corrected chi connectivity index (χ1v) is 6.87. The third kappa shape index (κ3) is 2.66. The van der Waals surface area contributed by atoms with Gasteiger partial charge < -0.3 is 14.6 Å². The highest BCUT2D eigenvalue weighted by atomic mass is 35.5. The Bertz CT molecular complexity index is 460. The number of nitrogens with zero attached hydrogens (tertiary/aromatic N) is 1. The number of aliphatic hydroxyl groups excluding tert-OH is 1. The summed E-state index contributed by atoms with van der Waals surface area (Å²) in [6.07, 6.45) is -0.541. The molecule has 1 aromatic rings. The van der Waals surface area contributed by atoms with Crippen molar-refractivity contribution >= 4 is 12.4 Å². The van der Waals surface area contributed by atoms with E-state index in [0.717, 1.165) is 37.6 Å². The van der Waals surface area contributed by atoms with Crippen molar-refractivity contribution < 1.29 is 14.6 Å². The molecule has 0 bridgehead atoms. The number of rotatable bonds is 1. The number of hydrogen-bond acceptors (Lipinski definition) is 4. The highest BCUT2D eigenvalue weighted by Crippen LogP contribution is 2.42. The van der Waals surface area contributed by atoms with Crippen molar-refractivity contribution in [1.29, 1.82) is 0 Å². The van der Waals surface area contributed by atoms with Gasteiger partial charge >= 0.3 is 0 Å². The Morgan fingerprint density at radius 1 is 1.20 bits per heavy atom. The Kier molecular flexibility index (Phi) is 4.59. The first-order valence-electron chi connectivity index (χ1n) is 6.87. The van der Waals surface area contributed by atoms with Gasteiger partial charge in [-0.25, -0.2) is 0 Å². The molecule has 2 aliphatic rings. The molecule has 0 radical (unpaired) electrons. The van der Waals surface area contributed by atoms with E-state index >= 15 is 0 Å². The van der Waals surface area contributed by atoms with Crippen molar-refractivity contribution in [1.82, 2.24) is 4.90 Å². The fraction of sp³-hybridized carbons (Fsp3) is 0.600. The largest absolute Gasteiger partial charge is 0.485 e. The van der Waals surface area contributed by atoms with E-state index in [1.165, 1.54) is 0 Å². The number of halogens is 1. The van der Waals surface area contributed by atoms with Crippen molar-refractivity contribution in [3.05, 3.63) is 29.8 Å². The second-order valence-electron chi connectivity index (χ2n) is 5.78. The molecule has 0 amide bonds. The summed E-state index contributed by atoms with van der Waals surface area (Å²) in [5.41, 5.74) is 0.508. The van der Waals surface area contributed by atoms with Crippen LogP contribution in [-0.4, -0.2) is 48.0 Å². The Morgan fingerprint density at radius 3 is 2.55 bits per heavy atom. The summed E-state index contributed by atoms with van der Waals surface area (Å²) in [6, 6.07) is 8.00. The van der Waals surface area contributed by atoms with E-state index in [9.17, 15) is 5.11 Å². The quantitative estimate of drug-likeness (QED) is 0.861. The lowest BCUT2D eigenvalue weighted by molar-refractivity contribution is -0.108. The zero-order valence-electron chi connectivity index (χ0n) is 11.9. The lowest BCUT2D eigenvalue weighted by atomic mass is 9.85. The summed E-state index contributed by atoms with van der Waals surface area (Å²) in [5.74, 6) is 0.884. The maximum atomic E-state index is 10.7. The van der Waals surface area contributed by atoms with Gasteiger partial charge in [-0.3, -0.25) is 4.90 Å². The zero-order valence-corrected chi connectivity index (χ0v) is 12.7. The monoisotopic (exact) mass is 299 g/mol. The molecule has 0 spiro atoms. The Labute approximate surface area is 126 Å². The van der Waals surface area contributed by atoms with Crippen LogP contribution in [0, 0.1) is 0 Å². The average Bonchev–Trinajstić information content (AvgIpc) is 2.41. The predicted octanol–water partition coefficient (Wildman–Crippen LogP) is 2.01. The maximum Gasteiger partial charge on any atom is 0.131 e. The van der Waals surface area contributed by atoms with Crippen LogP contribution in [0.15, 0.2) is 24.3 Å². The number of morpholine rings is 1. The molecular formula is C15H22ClNO3. The molecular weight excluding hydrogens is 278 g/mol. The highest BCUT2D eigenvalue weighted by Gasteiger charge is 2.45. The average molecular weight is 300 g/mol. The lowest BCUT2D eigenvalue weighted by Crippen LogP contribution is -2.55. The zero-order chi connectivity index (χ0) is 13.5. The van der Waals surface area contributed by atoms with Crippen molar-refractivity contribution in [2.45, 2.75) is 31.6 Å². The van der Waals surface area contributed by atoms with Crippen molar-refractivity contribution in [2.75, 3.05) is 26.3 Å². The second-order valence-corrected chi connectivity index (χ2v) is 5.78. The Balaban J connectivity index is 0.00000147. The van der Waals surface area contributed by atoms with Crippen LogP contribution in [-0.2, 0) is 4.74 Å². The SMILES string of the molecule is CC1(C)Oc2ccccc2C(N2CCOCC2)C1O.Cl. The molecule has 1 fully saturated rings. The van der Waals surface area contributed by atoms with Gasteiger partial charge in [-0.2, -0.15) is 0 Å². The fourth-order valence-electron chi connectivity index (χ4n) is 2.96. The fourth-order valence-corrected chi connectivity index (χ4v) is 2.96. The van der Waals surface area contributed by atoms with Gasteiger partial charge in [0, 0.05) is 18.7 Å². The molecule has 2 heterocycles. The van der Waals surface area contributed by atoms with E-state index in [1.54, 1.807) is 0 Å². The van der Waals surface area contributed by atoms with Crippen LogP contribution in [0.4, 0.5) is 0 Å². The van der Waals surface area contributed by atoms with Crippen LogP contribution >= 0.6 is 12.4 Å². The predicted molar refractivity (Wildman–Crippen MR) is 79.5 cm³/mol. The molecule has 5 heteroatoms. The third-order valence-electron chi connectivity index (χ3n) is 4.06. The minimum Gasteiger partial charge on any atom is -0.485 e. The Morgan fingerprint density at radius 2 is 1.85 bits per heavy atom. The first kappa shape index (κ1) is 15.6. The van der Waals surface area contributed by atoms with Gasteiger partial charge in [-0.15, -0.1) is 12.4 Å². The van der Waals surface area contributed by atoms with Gasteiger partial charge in [0.05, 0.1) is 19.3 Å². The molecule has 2 unspecified atom stereocenters. The highest BCUT2D eigenvalue weighted by molar-refractivity contribution is 5.85. The normalized spacial score (nSPS) is 28.9. The van der Waals surface area contributed by atoms with Gasteiger partial charge in [0.2, 0.25) is 0 Å². The molecule has 1 N–H and O–H groups in total. The number of ether oxygens (including phenoxy) is 2. The molecule has 2 atom stereocenters. The smallest absolute Gasteiger partial charge is 0.131 e. The van der Waals surface area contributed by atoms with E-state index in [1.807, 2.05) is 38.1 Å². The molecule has 112 valence electrons. The van der Waals surface area contributed by atoms with E-state index in [0.29, 0.717) is 0 Å². The lowest BCUT2D eigenvalue weighted by Gasteiger charge is -2.47. The summed E-state index contributed by atoms with van der Waals surface area (Å²) in [5, 5.41) is 10.7. The van der Waals surface area contributed by atoms with Crippen molar-refractivity contribution in [3.63, 3.8) is 0 Å². The van der Waals surface area contributed by atoms with Gasteiger partial charge in [0.25, 0.3) is 0 Å². The molecule has 0 aliphatic carbocycles. The molecule has 4 nitrogen and oxygen atoms in total. The number of fused-ring (bicyclic) bond motifs is 1. The first-order chi connectivity index (χ1) is 9.09.